The Morgan fingerprint density at radius 3 is 1.76 bits per heavy atom. The summed E-state index contributed by atoms with van der Waals surface area (Å²) in [5.74, 6) is -0.574. The van der Waals surface area contributed by atoms with E-state index in [1.54, 1.807) is 54.6 Å². The van der Waals surface area contributed by atoms with Crippen LogP contribution in [0.3, 0.4) is 0 Å². The van der Waals surface area contributed by atoms with Crippen LogP contribution < -0.4 is 9.47 Å². The molecule has 0 spiro atoms. The second-order valence-corrected chi connectivity index (χ2v) is 7.95. The number of carbonyl (C=O) groups excluding carboxylic acids is 2. The molecule has 0 N–H and O–H groups in total. The van der Waals surface area contributed by atoms with Crippen LogP contribution in [0.1, 0.15) is 46.0 Å². The van der Waals surface area contributed by atoms with Gasteiger partial charge in [0, 0.05) is 5.56 Å². The molecule has 4 aromatic rings. The van der Waals surface area contributed by atoms with Crippen molar-refractivity contribution in [1.82, 2.24) is 0 Å². The standard InChI is InChI=1S/C30H26O4/c1-2-3-13-22-20-26(23-14-7-4-8-15-23)28(34-30(32)25-18-11-6-12-19-25)27(21-22)33-29(31)24-16-9-5-10-17-24/h4-12,14-21H,2-3,13H2,1H3. The van der Waals surface area contributed by atoms with Gasteiger partial charge in [-0.25, -0.2) is 9.59 Å². The number of esters is 2. The van der Waals surface area contributed by atoms with Gasteiger partial charge in [0.1, 0.15) is 0 Å². The Morgan fingerprint density at radius 2 is 1.21 bits per heavy atom. The summed E-state index contributed by atoms with van der Waals surface area (Å²) >= 11 is 0. The highest BCUT2D eigenvalue weighted by molar-refractivity contribution is 5.95. The van der Waals surface area contributed by atoms with Crippen LogP contribution in [-0.2, 0) is 6.42 Å². The smallest absolute Gasteiger partial charge is 0.343 e. The first-order valence-electron chi connectivity index (χ1n) is 11.4. The number of hydrogen-bond acceptors (Lipinski definition) is 4. The average molecular weight is 451 g/mol. The number of benzene rings is 4. The first kappa shape index (κ1) is 23.0. The van der Waals surface area contributed by atoms with E-state index >= 15 is 0 Å². The van der Waals surface area contributed by atoms with E-state index in [0.717, 1.165) is 30.4 Å². The minimum Gasteiger partial charge on any atom is -0.419 e. The Hall–Kier alpha value is -4.18. The van der Waals surface area contributed by atoms with E-state index in [0.29, 0.717) is 16.7 Å². The molecule has 0 unspecified atom stereocenters. The van der Waals surface area contributed by atoms with Gasteiger partial charge in [-0.2, -0.15) is 0 Å². The second kappa shape index (κ2) is 11.1. The molecule has 0 aliphatic heterocycles. The van der Waals surface area contributed by atoms with Crippen LogP contribution in [0.25, 0.3) is 11.1 Å². The third-order valence-corrected chi connectivity index (χ3v) is 5.43. The maximum Gasteiger partial charge on any atom is 0.343 e. The fourth-order valence-electron chi connectivity index (χ4n) is 3.66. The van der Waals surface area contributed by atoms with Gasteiger partial charge < -0.3 is 9.47 Å². The molecule has 4 heteroatoms. The molecule has 0 fully saturated rings. The number of aryl methyl sites for hydroxylation is 1. The van der Waals surface area contributed by atoms with Crippen molar-refractivity contribution in [1.29, 1.82) is 0 Å². The highest BCUT2D eigenvalue weighted by Gasteiger charge is 2.22. The summed E-state index contributed by atoms with van der Waals surface area (Å²) in [5, 5.41) is 0. The Kier molecular flexibility index (Phi) is 7.51. The lowest BCUT2D eigenvalue weighted by molar-refractivity contribution is 0.0683. The third-order valence-electron chi connectivity index (χ3n) is 5.43. The number of rotatable bonds is 8. The molecule has 0 aliphatic rings. The molecule has 0 aliphatic carbocycles. The zero-order valence-corrected chi connectivity index (χ0v) is 19.1. The molecule has 4 rings (SSSR count). The molecule has 0 saturated carbocycles. The van der Waals surface area contributed by atoms with Crippen LogP contribution in [0.4, 0.5) is 0 Å². The Balaban J connectivity index is 1.81. The van der Waals surface area contributed by atoms with Gasteiger partial charge in [0.2, 0.25) is 0 Å². The second-order valence-electron chi connectivity index (χ2n) is 7.95. The van der Waals surface area contributed by atoms with Crippen LogP contribution >= 0.6 is 0 Å². The molecular formula is C30H26O4. The van der Waals surface area contributed by atoms with Crippen LogP contribution in [0.2, 0.25) is 0 Å². The molecule has 170 valence electrons. The zero-order chi connectivity index (χ0) is 23.8. The zero-order valence-electron chi connectivity index (χ0n) is 19.1. The average Bonchev–Trinajstić information content (AvgIpc) is 2.90. The molecule has 4 aromatic carbocycles. The van der Waals surface area contributed by atoms with E-state index in [2.05, 4.69) is 6.92 Å². The predicted molar refractivity (Wildman–Crippen MR) is 133 cm³/mol. The molecule has 0 atom stereocenters. The molecule has 4 nitrogen and oxygen atoms in total. The molecule has 0 heterocycles. The lowest BCUT2D eigenvalue weighted by Gasteiger charge is -2.17. The molecule has 0 saturated heterocycles. The lowest BCUT2D eigenvalue weighted by Crippen LogP contribution is -2.13. The normalized spacial score (nSPS) is 10.5. The Labute approximate surface area is 199 Å². The number of carbonyl (C=O) groups is 2. The highest BCUT2D eigenvalue weighted by atomic mass is 16.6. The molecule has 0 amide bonds. The van der Waals surface area contributed by atoms with Gasteiger partial charge in [-0.1, -0.05) is 80.1 Å². The van der Waals surface area contributed by atoms with Crippen molar-refractivity contribution in [3.8, 4) is 22.6 Å². The minimum absolute atomic E-state index is 0.226. The van der Waals surface area contributed by atoms with Crippen molar-refractivity contribution in [3.05, 3.63) is 120 Å². The van der Waals surface area contributed by atoms with Crippen LogP contribution in [-0.4, -0.2) is 11.9 Å². The summed E-state index contributed by atoms with van der Waals surface area (Å²) in [6.07, 6.45) is 2.84. The summed E-state index contributed by atoms with van der Waals surface area (Å²) in [6, 6.07) is 31.0. The largest absolute Gasteiger partial charge is 0.419 e. The molecule has 0 bridgehead atoms. The quantitative estimate of drug-likeness (QED) is 0.212. The van der Waals surface area contributed by atoms with Crippen molar-refractivity contribution < 1.29 is 19.1 Å². The fourth-order valence-corrected chi connectivity index (χ4v) is 3.66. The van der Waals surface area contributed by atoms with Gasteiger partial charge >= 0.3 is 11.9 Å². The topological polar surface area (TPSA) is 52.6 Å². The SMILES string of the molecule is CCCCc1cc(OC(=O)c2ccccc2)c(OC(=O)c2ccccc2)c(-c2ccccc2)c1. The van der Waals surface area contributed by atoms with E-state index in [9.17, 15) is 9.59 Å². The van der Waals surface area contributed by atoms with Crippen LogP contribution in [0.15, 0.2) is 103 Å². The first-order chi connectivity index (χ1) is 16.7. The monoisotopic (exact) mass is 450 g/mol. The lowest BCUT2D eigenvalue weighted by atomic mass is 9.98. The maximum atomic E-state index is 13.0. The molecule has 34 heavy (non-hydrogen) atoms. The predicted octanol–water partition coefficient (Wildman–Crippen LogP) is 7.13. The van der Waals surface area contributed by atoms with E-state index in [4.69, 9.17) is 9.47 Å². The van der Waals surface area contributed by atoms with Gasteiger partial charge in [0.25, 0.3) is 0 Å². The van der Waals surface area contributed by atoms with Gasteiger partial charge in [-0.05, 0) is 60.4 Å². The summed E-state index contributed by atoms with van der Waals surface area (Å²) in [7, 11) is 0. The maximum absolute atomic E-state index is 13.0. The van der Waals surface area contributed by atoms with Crippen molar-refractivity contribution >= 4 is 11.9 Å². The van der Waals surface area contributed by atoms with Crippen molar-refractivity contribution in [2.45, 2.75) is 26.2 Å². The van der Waals surface area contributed by atoms with E-state index < -0.39 is 11.9 Å². The summed E-state index contributed by atoms with van der Waals surface area (Å²) in [5.41, 5.74) is 3.42. The van der Waals surface area contributed by atoms with Gasteiger partial charge in [-0.15, -0.1) is 0 Å². The summed E-state index contributed by atoms with van der Waals surface area (Å²) in [4.78, 5) is 25.9. The van der Waals surface area contributed by atoms with Gasteiger partial charge in [-0.3, -0.25) is 0 Å². The molecule has 0 aromatic heterocycles. The summed E-state index contributed by atoms with van der Waals surface area (Å²) in [6.45, 7) is 2.13. The van der Waals surface area contributed by atoms with E-state index in [1.807, 2.05) is 48.5 Å². The third kappa shape index (κ3) is 5.59. The first-order valence-corrected chi connectivity index (χ1v) is 11.4. The minimum atomic E-state index is -0.518. The Bertz CT molecular complexity index is 1250. The van der Waals surface area contributed by atoms with Crippen LogP contribution in [0, 0.1) is 0 Å². The highest BCUT2D eigenvalue weighted by Crippen LogP contribution is 2.41. The van der Waals surface area contributed by atoms with Crippen molar-refractivity contribution in [3.63, 3.8) is 0 Å². The van der Waals surface area contributed by atoms with Gasteiger partial charge in [0.05, 0.1) is 11.1 Å². The van der Waals surface area contributed by atoms with E-state index in [1.165, 1.54) is 0 Å². The molecule has 0 radical (unpaired) electrons. The number of ether oxygens (including phenoxy) is 2. The number of hydrogen-bond donors (Lipinski definition) is 0. The molecular weight excluding hydrogens is 424 g/mol. The van der Waals surface area contributed by atoms with E-state index in [-0.39, 0.29) is 11.5 Å². The van der Waals surface area contributed by atoms with Crippen molar-refractivity contribution in [2.24, 2.45) is 0 Å². The van der Waals surface area contributed by atoms with Crippen LogP contribution in [0.5, 0.6) is 11.5 Å². The van der Waals surface area contributed by atoms with Gasteiger partial charge in [0.15, 0.2) is 11.5 Å². The Morgan fingerprint density at radius 1 is 0.676 bits per heavy atom. The number of unbranched alkanes of at least 4 members (excludes halogenated alkanes) is 1. The fraction of sp³-hybridized carbons (Fsp3) is 0.133. The summed E-state index contributed by atoms with van der Waals surface area (Å²) < 4.78 is 11.7. The van der Waals surface area contributed by atoms with Crippen molar-refractivity contribution in [2.75, 3.05) is 0 Å².